The lowest BCUT2D eigenvalue weighted by Gasteiger charge is -2.13. The normalized spacial score (nSPS) is 12.7. The average Bonchev–Trinajstić information content (AvgIpc) is 3.34. The Morgan fingerprint density at radius 1 is 1.09 bits per heavy atom. The molecule has 2 heterocycles. The highest BCUT2D eigenvalue weighted by molar-refractivity contribution is 7.09. The molecule has 0 radical (unpaired) electrons. The minimum atomic E-state index is -0.754. The average molecular weight is 450 g/mol. The standard InChI is InChI=1S/C22H18N4O5S/c27-18(23-12-15-13-32-19(24-15)11-14-5-2-1-3-6-14)9-10-25-21(28)16-7-4-8-17(26(30)31)20(16)22(25)29/h1-8,13H,9-12H2,(H,23,27). The zero-order valence-corrected chi connectivity index (χ0v) is 17.6. The van der Waals surface area contributed by atoms with E-state index < -0.39 is 22.4 Å². The second kappa shape index (κ2) is 9.06. The van der Waals surface area contributed by atoms with Crippen LogP contribution < -0.4 is 5.32 Å². The van der Waals surface area contributed by atoms with E-state index in [0.29, 0.717) is 6.42 Å². The molecule has 1 aromatic heterocycles. The number of carbonyl (C=O) groups is 3. The van der Waals surface area contributed by atoms with Crippen molar-refractivity contribution >= 4 is 34.7 Å². The van der Waals surface area contributed by atoms with Crippen LogP contribution in [0.5, 0.6) is 0 Å². The summed E-state index contributed by atoms with van der Waals surface area (Å²) in [6.07, 6.45) is 0.603. The largest absolute Gasteiger partial charge is 0.350 e. The lowest BCUT2D eigenvalue weighted by molar-refractivity contribution is -0.385. The number of nitrogens with zero attached hydrogens (tertiary/aromatic N) is 3. The van der Waals surface area contributed by atoms with Gasteiger partial charge < -0.3 is 5.32 Å². The van der Waals surface area contributed by atoms with Crippen molar-refractivity contribution in [3.63, 3.8) is 0 Å². The number of hydrogen-bond acceptors (Lipinski definition) is 7. The molecule has 3 aromatic rings. The van der Waals surface area contributed by atoms with Gasteiger partial charge in [-0.15, -0.1) is 11.3 Å². The number of imide groups is 1. The zero-order chi connectivity index (χ0) is 22.7. The van der Waals surface area contributed by atoms with Crippen LogP contribution in [0.2, 0.25) is 0 Å². The highest BCUT2D eigenvalue weighted by Crippen LogP contribution is 2.30. The van der Waals surface area contributed by atoms with Gasteiger partial charge in [-0.1, -0.05) is 36.4 Å². The van der Waals surface area contributed by atoms with E-state index >= 15 is 0 Å². The molecule has 0 saturated heterocycles. The van der Waals surface area contributed by atoms with Gasteiger partial charge in [0.15, 0.2) is 0 Å². The minimum absolute atomic E-state index is 0.0157. The van der Waals surface area contributed by atoms with Crippen molar-refractivity contribution in [2.75, 3.05) is 6.54 Å². The Morgan fingerprint density at radius 2 is 1.88 bits per heavy atom. The first-order chi connectivity index (χ1) is 15.4. The van der Waals surface area contributed by atoms with E-state index in [1.165, 1.54) is 29.5 Å². The van der Waals surface area contributed by atoms with E-state index in [1.54, 1.807) is 0 Å². The van der Waals surface area contributed by atoms with Crippen LogP contribution in [-0.2, 0) is 17.8 Å². The Balaban J connectivity index is 1.30. The number of rotatable bonds is 8. The maximum atomic E-state index is 12.5. The Hall–Kier alpha value is -3.92. The smallest absolute Gasteiger partial charge is 0.282 e. The highest BCUT2D eigenvalue weighted by Gasteiger charge is 2.40. The number of thiazole rings is 1. The van der Waals surface area contributed by atoms with Crippen LogP contribution in [0.1, 0.15) is 43.4 Å². The van der Waals surface area contributed by atoms with Gasteiger partial charge in [0, 0.05) is 30.8 Å². The van der Waals surface area contributed by atoms with Crippen molar-refractivity contribution < 1.29 is 19.3 Å². The highest BCUT2D eigenvalue weighted by atomic mass is 32.1. The Morgan fingerprint density at radius 3 is 2.62 bits per heavy atom. The Kier molecular flexibility index (Phi) is 6.04. The molecular formula is C22H18N4O5S. The van der Waals surface area contributed by atoms with Crippen LogP contribution in [0, 0.1) is 10.1 Å². The van der Waals surface area contributed by atoms with Gasteiger partial charge in [-0.2, -0.15) is 0 Å². The van der Waals surface area contributed by atoms with Crippen molar-refractivity contribution in [1.29, 1.82) is 0 Å². The predicted molar refractivity (Wildman–Crippen MR) is 116 cm³/mol. The first-order valence-electron chi connectivity index (χ1n) is 9.81. The molecule has 0 spiro atoms. The molecule has 1 aliphatic rings. The third-order valence-electron chi connectivity index (χ3n) is 5.00. The fourth-order valence-corrected chi connectivity index (χ4v) is 4.27. The fourth-order valence-electron chi connectivity index (χ4n) is 3.44. The summed E-state index contributed by atoms with van der Waals surface area (Å²) in [6, 6.07) is 13.9. The van der Waals surface area contributed by atoms with Crippen LogP contribution in [0.3, 0.4) is 0 Å². The molecule has 1 aliphatic heterocycles. The summed E-state index contributed by atoms with van der Waals surface area (Å²) in [5.74, 6) is -1.74. The molecule has 0 atom stereocenters. The van der Waals surface area contributed by atoms with Crippen molar-refractivity contribution in [3.05, 3.63) is 91.4 Å². The van der Waals surface area contributed by atoms with Crippen molar-refractivity contribution in [2.45, 2.75) is 19.4 Å². The Labute approximate surface area is 186 Å². The quantitative estimate of drug-likeness (QED) is 0.320. The number of nitro benzene ring substituents is 1. The molecule has 1 N–H and O–H groups in total. The summed E-state index contributed by atoms with van der Waals surface area (Å²) in [7, 11) is 0. The van der Waals surface area contributed by atoms with Gasteiger partial charge in [0.1, 0.15) is 5.56 Å². The molecule has 162 valence electrons. The molecule has 0 bridgehead atoms. The van der Waals surface area contributed by atoms with Gasteiger partial charge in [-0.25, -0.2) is 4.98 Å². The summed E-state index contributed by atoms with van der Waals surface area (Å²) < 4.78 is 0. The Bertz CT molecular complexity index is 1210. The molecule has 0 unspecified atom stereocenters. The summed E-state index contributed by atoms with van der Waals surface area (Å²) in [4.78, 5) is 53.1. The summed E-state index contributed by atoms with van der Waals surface area (Å²) in [5.41, 5.74) is 1.22. The number of aromatic nitrogens is 1. The number of benzene rings is 2. The summed E-state index contributed by atoms with van der Waals surface area (Å²) >= 11 is 1.51. The predicted octanol–water partition coefficient (Wildman–Crippen LogP) is 2.94. The molecule has 3 amide bonds. The van der Waals surface area contributed by atoms with Crippen LogP contribution in [0.25, 0.3) is 0 Å². The van der Waals surface area contributed by atoms with Crippen molar-refractivity contribution in [3.8, 4) is 0 Å². The van der Waals surface area contributed by atoms with Crippen LogP contribution in [0.15, 0.2) is 53.9 Å². The maximum Gasteiger partial charge on any atom is 0.282 e. The number of amides is 3. The lowest BCUT2D eigenvalue weighted by atomic mass is 10.1. The number of fused-ring (bicyclic) bond motifs is 1. The van der Waals surface area contributed by atoms with E-state index in [4.69, 9.17) is 0 Å². The molecular weight excluding hydrogens is 432 g/mol. The molecule has 2 aromatic carbocycles. The van der Waals surface area contributed by atoms with Crippen LogP contribution in [0.4, 0.5) is 5.69 Å². The van der Waals surface area contributed by atoms with Crippen LogP contribution in [-0.4, -0.2) is 39.1 Å². The summed E-state index contributed by atoms with van der Waals surface area (Å²) in [5, 5.41) is 16.7. The van der Waals surface area contributed by atoms with E-state index in [-0.39, 0.29) is 36.5 Å². The third-order valence-corrected chi connectivity index (χ3v) is 5.90. The van der Waals surface area contributed by atoms with E-state index in [0.717, 1.165) is 21.2 Å². The van der Waals surface area contributed by atoms with Gasteiger partial charge in [0.25, 0.3) is 17.5 Å². The number of nitro groups is 1. The molecule has 10 heteroatoms. The number of nitrogens with one attached hydrogen (secondary N) is 1. The lowest BCUT2D eigenvalue weighted by Crippen LogP contribution is -2.34. The summed E-state index contributed by atoms with van der Waals surface area (Å²) in [6.45, 7) is 0.0728. The first kappa shape index (κ1) is 21.3. The van der Waals surface area contributed by atoms with Gasteiger partial charge in [0.05, 0.1) is 27.7 Å². The minimum Gasteiger partial charge on any atom is -0.350 e. The molecule has 4 rings (SSSR count). The van der Waals surface area contributed by atoms with Crippen molar-refractivity contribution in [2.24, 2.45) is 0 Å². The zero-order valence-electron chi connectivity index (χ0n) is 16.8. The second-order valence-corrected chi connectivity index (χ2v) is 8.08. The van der Waals surface area contributed by atoms with Gasteiger partial charge in [-0.3, -0.25) is 29.4 Å². The maximum absolute atomic E-state index is 12.5. The number of hydrogen-bond donors (Lipinski definition) is 1. The monoisotopic (exact) mass is 450 g/mol. The van der Waals surface area contributed by atoms with Gasteiger partial charge in [0.2, 0.25) is 5.91 Å². The molecule has 0 fully saturated rings. The molecule has 0 aliphatic carbocycles. The topological polar surface area (TPSA) is 123 Å². The number of carbonyl (C=O) groups excluding carboxylic acids is 3. The van der Waals surface area contributed by atoms with Crippen LogP contribution >= 0.6 is 11.3 Å². The van der Waals surface area contributed by atoms with E-state index in [2.05, 4.69) is 10.3 Å². The first-order valence-corrected chi connectivity index (χ1v) is 10.7. The molecule has 0 saturated carbocycles. The van der Waals surface area contributed by atoms with Gasteiger partial charge in [-0.05, 0) is 11.6 Å². The molecule has 9 nitrogen and oxygen atoms in total. The second-order valence-electron chi connectivity index (χ2n) is 7.14. The van der Waals surface area contributed by atoms with Crippen molar-refractivity contribution in [1.82, 2.24) is 15.2 Å². The third kappa shape index (κ3) is 4.40. The fraction of sp³-hybridized carbons (Fsp3) is 0.182. The molecule has 32 heavy (non-hydrogen) atoms. The van der Waals surface area contributed by atoms with E-state index in [1.807, 2.05) is 35.7 Å². The SMILES string of the molecule is O=C(CCN1C(=O)c2cccc([N+](=O)[O-])c2C1=O)NCc1csc(Cc2ccccc2)n1. The van der Waals surface area contributed by atoms with Gasteiger partial charge >= 0.3 is 0 Å². The van der Waals surface area contributed by atoms with E-state index in [9.17, 15) is 24.5 Å².